The number of fused-ring (bicyclic) bond motifs is 1. The molecule has 3 nitrogen and oxygen atoms in total. The molecule has 1 fully saturated rings. The van der Waals surface area contributed by atoms with Crippen LogP contribution in [-0.4, -0.2) is 30.3 Å². The van der Waals surface area contributed by atoms with Gasteiger partial charge in [0.1, 0.15) is 0 Å². The molecule has 2 unspecified atom stereocenters. The second-order valence-electron chi connectivity index (χ2n) is 4.95. The summed E-state index contributed by atoms with van der Waals surface area (Å²) >= 11 is 1.93. The maximum Gasteiger partial charge on any atom is 0.237 e. The maximum absolute atomic E-state index is 11.6. The molecule has 0 aliphatic carbocycles. The number of piperidine rings is 1. The largest absolute Gasteiger partial charge is 0.355 e. The van der Waals surface area contributed by atoms with Crippen molar-refractivity contribution in [2.75, 3.05) is 13.1 Å². The molecule has 1 aromatic rings. The Balaban J connectivity index is 1.52. The highest BCUT2D eigenvalue weighted by Gasteiger charge is 2.25. The molecule has 1 saturated heterocycles. The molecule has 2 N–H and O–H groups in total. The number of amides is 1. The van der Waals surface area contributed by atoms with E-state index >= 15 is 0 Å². The zero-order valence-corrected chi connectivity index (χ0v) is 11.1. The van der Waals surface area contributed by atoms with Crippen molar-refractivity contribution in [3.8, 4) is 0 Å². The van der Waals surface area contributed by atoms with Gasteiger partial charge in [-0.3, -0.25) is 4.79 Å². The molecule has 0 aromatic heterocycles. The molecule has 1 amide bonds. The number of hydrogen-bond acceptors (Lipinski definition) is 3. The predicted octanol–water partition coefficient (Wildman–Crippen LogP) is 1.57. The molecule has 2 aliphatic rings. The lowest BCUT2D eigenvalue weighted by atomic mass is 10.1. The van der Waals surface area contributed by atoms with Crippen LogP contribution in [0.25, 0.3) is 0 Å². The number of hydrogen-bond donors (Lipinski definition) is 2. The minimum atomic E-state index is 0.0167. The molecule has 4 heteroatoms. The lowest BCUT2D eigenvalue weighted by Gasteiger charge is -2.24. The fourth-order valence-corrected chi connectivity index (χ4v) is 3.87. The van der Waals surface area contributed by atoms with Crippen molar-refractivity contribution in [1.29, 1.82) is 0 Å². The van der Waals surface area contributed by atoms with Crippen LogP contribution in [0.1, 0.15) is 18.4 Å². The predicted molar refractivity (Wildman–Crippen MR) is 73.8 cm³/mol. The molecular weight excluding hydrogens is 244 g/mol. The van der Waals surface area contributed by atoms with Crippen molar-refractivity contribution in [3.05, 3.63) is 29.8 Å². The van der Waals surface area contributed by atoms with Crippen LogP contribution in [0, 0.1) is 0 Å². The summed E-state index contributed by atoms with van der Waals surface area (Å²) in [6, 6.07) is 8.60. The molecule has 0 spiro atoms. The first-order valence-electron chi connectivity index (χ1n) is 6.58. The number of thioether (sulfide) groups is 1. The Bertz CT molecular complexity index is 424. The highest BCUT2D eigenvalue weighted by molar-refractivity contribution is 8.00. The zero-order chi connectivity index (χ0) is 12.4. The topological polar surface area (TPSA) is 41.1 Å². The fourth-order valence-electron chi connectivity index (χ4n) is 2.61. The van der Waals surface area contributed by atoms with Crippen molar-refractivity contribution in [1.82, 2.24) is 10.6 Å². The molecule has 0 bridgehead atoms. The summed E-state index contributed by atoms with van der Waals surface area (Å²) in [7, 11) is 0. The van der Waals surface area contributed by atoms with Gasteiger partial charge in [0.15, 0.2) is 0 Å². The summed E-state index contributed by atoms with van der Waals surface area (Å²) in [5.41, 5.74) is 1.45. The fraction of sp³-hybridized carbons (Fsp3) is 0.500. The maximum atomic E-state index is 11.6. The van der Waals surface area contributed by atoms with E-state index in [0.717, 1.165) is 32.4 Å². The number of carbonyl (C=O) groups excluding carboxylic acids is 1. The van der Waals surface area contributed by atoms with Crippen molar-refractivity contribution < 1.29 is 4.79 Å². The molecule has 0 radical (unpaired) electrons. The Morgan fingerprint density at radius 3 is 3.11 bits per heavy atom. The van der Waals surface area contributed by atoms with E-state index in [0.29, 0.717) is 5.25 Å². The number of benzene rings is 1. The third-order valence-corrected chi connectivity index (χ3v) is 4.91. The van der Waals surface area contributed by atoms with E-state index in [2.05, 4.69) is 34.9 Å². The highest BCUT2D eigenvalue weighted by atomic mass is 32.2. The van der Waals surface area contributed by atoms with Gasteiger partial charge in [-0.2, -0.15) is 0 Å². The zero-order valence-electron chi connectivity index (χ0n) is 10.3. The van der Waals surface area contributed by atoms with Gasteiger partial charge in [-0.1, -0.05) is 18.2 Å². The van der Waals surface area contributed by atoms with Gasteiger partial charge in [0.05, 0.1) is 6.04 Å². The molecule has 1 aromatic carbocycles. The highest BCUT2D eigenvalue weighted by Crippen LogP contribution is 2.36. The van der Waals surface area contributed by atoms with Crippen molar-refractivity contribution in [2.24, 2.45) is 0 Å². The smallest absolute Gasteiger partial charge is 0.237 e. The first-order valence-corrected chi connectivity index (χ1v) is 7.46. The van der Waals surface area contributed by atoms with Gasteiger partial charge in [0.25, 0.3) is 0 Å². The van der Waals surface area contributed by atoms with Crippen LogP contribution in [0.2, 0.25) is 0 Å². The molecular formula is C14H18N2OS. The number of carbonyl (C=O) groups is 1. The van der Waals surface area contributed by atoms with E-state index in [1.807, 2.05) is 11.8 Å². The van der Waals surface area contributed by atoms with Gasteiger partial charge in [0, 0.05) is 23.2 Å². The molecule has 2 aliphatic heterocycles. The second-order valence-corrected chi connectivity index (χ2v) is 6.29. The minimum Gasteiger partial charge on any atom is -0.355 e. The average Bonchev–Trinajstić information content (AvgIpc) is 2.80. The van der Waals surface area contributed by atoms with Crippen LogP contribution in [0.5, 0.6) is 0 Å². The summed E-state index contributed by atoms with van der Waals surface area (Å²) in [5, 5.41) is 6.90. The van der Waals surface area contributed by atoms with Gasteiger partial charge in [0.2, 0.25) is 5.91 Å². The Labute approximate surface area is 112 Å². The third kappa shape index (κ3) is 2.54. The quantitative estimate of drug-likeness (QED) is 0.869. The Kier molecular flexibility index (Phi) is 3.57. The van der Waals surface area contributed by atoms with E-state index in [-0.39, 0.29) is 11.9 Å². The molecule has 96 valence electrons. The number of nitrogens with one attached hydrogen (secondary N) is 2. The Hall–Kier alpha value is -1.00. The van der Waals surface area contributed by atoms with Gasteiger partial charge >= 0.3 is 0 Å². The summed E-state index contributed by atoms with van der Waals surface area (Å²) in [6.07, 6.45) is 3.17. The van der Waals surface area contributed by atoms with Crippen LogP contribution in [0.4, 0.5) is 0 Å². The molecule has 3 rings (SSSR count). The van der Waals surface area contributed by atoms with Gasteiger partial charge < -0.3 is 10.6 Å². The SMILES string of the molecule is O=C1NCCCC1NCC1Cc2ccccc2S1. The molecule has 2 atom stereocenters. The van der Waals surface area contributed by atoms with Gasteiger partial charge in [-0.05, 0) is 30.9 Å². The monoisotopic (exact) mass is 262 g/mol. The second kappa shape index (κ2) is 5.33. The van der Waals surface area contributed by atoms with E-state index in [9.17, 15) is 4.79 Å². The van der Waals surface area contributed by atoms with Gasteiger partial charge in [-0.25, -0.2) is 0 Å². The Morgan fingerprint density at radius 1 is 1.39 bits per heavy atom. The van der Waals surface area contributed by atoms with E-state index < -0.39 is 0 Å². The van der Waals surface area contributed by atoms with Crippen LogP contribution in [-0.2, 0) is 11.2 Å². The Morgan fingerprint density at radius 2 is 2.28 bits per heavy atom. The third-order valence-electron chi connectivity index (χ3n) is 3.59. The summed E-state index contributed by atoms with van der Waals surface area (Å²) in [5.74, 6) is 0.168. The van der Waals surface area contributed by atoms with Crippen molar-refractivity contribution in [2.45, 2.75) is 35.4 Å². The first-order chi connectivity index (χ1) is 8.83. The normalized spacial score (nSPS) is 26.8. The van der Waals surface area contributed by atoms with Crippen molar-refractivity contribution in [3.63, 3.8) is 0 Å². The van der Waals surface area contributed by atoms with Gasteiger partial charge in [-0.15, -0.1) is 11.8 Å². The van der Waals surface area contributed by atoms with E-state index in [1.165, 1.54) is 10.5 Å². The van der Waals surface area contributed by atoms with Crippen LogP contribution >= 0.6 is 11.8 Å². The minimum absolute atomic E-state index is 0.0167. The summed E-state index contributed by atoms with van der Waals surface area (Å²) < 4.78 is 0. The van der Waals surface area contributed by atoms with E-state index in [4.69, 9.17) is 0 Å². The molecule has 2 heterocycles. The number of rotatable bonds is 3. The van der Waals surface area contributed by atoms with Crippen LogP contribution in [0.3, 0.4) is 0 Å². The summed E-state index contributed by atoms with van der Waals surface area (Å²) in [6.45, 7) is 1.75. The summed E-state index contributed by atoms with van der Waals surface area (Å²) in [4.78, 5) is 13.0. The average molecular weight is 262 g/mol. The standard InChI is InChI=1S/C14H18N2OS/c17-14-12(5-3-7-15-14)16-9-11-8-10-4-1-2-6-13(10)18-11/h1-2,4,6,11-12,16H,3,5,7-9H2,(H,15,17). The molecule has 0 saturated carbocycles. The van der Waals surface area contributed by atoms with Crippen LogP contribution in [0.15, 0.2) is 29.2 Å². The van der Waals surface area contributed by atoms with E-state index in [1.54, 1.807) is 0 Å². The van der Waals surface area contributed by atoms with Crippen LogP contribution < -0.4 is 10.6 Å². The first kappa shape index (κ1) is 12.1. The molecule has 18 heavy (non-hydrogen) atoms. The lowest BCUT2D eigenvalue weighted by molar-refractivity contribution is -0.124. The lowest BCUT2D eigenvalue weighted by Crippen LogP contribution is -2.49. The van der Waals surface area contributed by atoms with Crippen molar-refractivity contribution >= 4 is 17.7 Å².